The molecule has 3 N–H and O–H groups in total. The van der Waals surface area contributed by atoms with Gasteiger partial charge in [0.25, 0.3) is 5.91 Å². The van der Waals surface area contributed by atoms with Crippen LogP contribution in [-0.4, -0.2) is 19.0 Å². The maximum atomic E-state index is 11.0. The Labute approximate surface area is 76.5 Å². The van der Waals surface area contributed by atoms with Crippen LogP contribution in [0.2, 0.25) is 0 Å². The standard InChI is InChI=1S/C7H10N2O2.ClH/c8-3-4-9-7(10)6-2-1-5-11-6;/h1-2,5H,3-4,8H2,(H,9,10);1H. The van der Waals surface area contributed by atoms with Gasteiger partial charge in [-0.05, 0) is 12.1 Å². The van der Waals surface area contributed by atoms with Gasteiger partial charge in [-0.3, -0.25) is 4.79 Å². The first-order valence-corrected chi connectivity index (χ1v) is 3.36. The van der Waals surface area contributed by atoms with Crippen molar-refractivity contribution in [1.82, 2.24) is 5.32 Å². The molecule has 1 aromatic heterocycles. The number of halogens is 1. The molecule has 1 rings (SSSR count). The van der Waals surface area contributed by atoms with Crippen LogP contribution in [0.5, 0.6) is 0 Å². The summed E-state index contributed by atoms with van der Waals surface area (Å²) in [6.45, 7) is 0.909. The number of hydrogen-bond acceptors (Lipinski definition) is 3. The van der Waals surface area contributed by atoms with Crippen LogP contribution in [0.25, 0.3) is 0 Å². The Hall–Kier alpha value is -1.00. The highest BCUT2D eigenvalue weighted by Gasteiger charge is 2.05. The molecule has 0 aromatic carbocycles. The number of furan rings is 1. The third kappa shape index (κ3) is 2.94. The number of carbonyl (C=O) groups excluding carboxylic acids is 1. The minimum atomic E-state index is -0.222. The number of carbonyl (C=O) groups is 1. The molecule has 0 saturated carbocycles. The largest absolute Gasteiger partial charge is 0.459 e. The molecule has 12 heavy (non-hydrogen) atoms. The normalized spacial score (nSPS) is 8.75. The number of hydrogen-bond donors (Lipinski definition) is 2. The van der Waals surface area contributed by atoms with Crippen LogP contribution in [0.1, 0.15) is 10.6 Å². The van der Waals surface area contributed by atoms with Crippen LogP contribution in [0.3, 0.4) is 0 Å². The van der Waals surface area contributed by atoms with Crippen molar-refractivity contribution in [3.05, 3.63) is 24.2 Å². The zero-order valence-corrected chi connectivity index (χ0v) is 7.26. The number of rotatable bonds is 3. The fourth-order valence-corrected chi connectivity index (χ4v) is 0.681. The van der Waals surface area contributed by atoms with E-state index >= 15 is 0 Å². The molecule has 1 aromatic rings. The molecular weight excluding hydrogens is 180 g/mol. The van der Waals surface area contributed by atoms with Gasteiger partial charge < -0.3 is 15.5 Å². The van der Waals surface area contributed by atoms with Gasteiger partial charge in [-0.25, -0.2) is 0 Å². The number of amides is 1. The van der Waals surface area contributed by atoms with Gasteiger partial charge in [-0.1, -0.05) is 0 Å². The molecule has 0 bridgehead atoms. The number of nitrogens with two attached hydrogens (primary N) is 1. The van der Waals surface area contributed by atoms with Crippen LogP contribution in [0.4, 0.5) is 0 Å². The van der Waals surface area contributed by atoms with Crippen molar-refractivity contribution in [3.63, 3.8) is 0 Å². The first kappa shape index (κ1) is 11.0. The Bertz CT molecular complexity index is 223. The van der Waals surface area contributed by atoms with Crippen molar-refractivity contribution in [2.75, 3.05) is 13.1 Å². The Morgan fingerprint density at radius 3 is 2.92 bits per heavy atom. The average Bonchev–Trinajstić information content (AvgIpc) is 2.52. The molecule has 0 aliphatic rings. The third-order valence-corrected chi connectivity index (χ3v) is 1.17. The Morgan fingerprint density at radius 2 is 2.42 bits per heavy atom. The second-order valence-electron chi connectivity index (χ2n) is 2.02. The van der Waals surface area contributed by atoms with Gasteiger partial charge in [0.05, 0.1) is 6.26 Å². The summed E-state index contributed by atoms with van der Waals surface area (Å²) in [4.78, 5) is 11.0. The van der Waals surface area contributed by atoms with E-state index in [-0.39, 0.29) is 18.3 Å². The van der Waals surface area contributed by atoms with Gasteiger partial charge in [-0.15, -0.1) is 12.4 Å². The van der Waals surface area contributed by atoms with Gasteiger partial charge in [0.1, 0.15) is 0 Å². The SMILES string of the molecule is Cl.NCCNC(=O)c1ccco1. The zero-order chi connectivity index (χ0) is 8.10. The molecule has 1 heterocycles. The first-order chi connectivity index (χ1) is 5.34. The predicted octanol–water partition coefficient (Wildman–Crippen LogP) is 0.390. The highest BCUT2D eigenvalue weighted by molar-refractivity contribution is 5.91. The van der Waals surface area contributed by atoms with E-state index in [1.165, 1.54) is 6.26 Å². The zero-order valence-electron chi connectivity index (χ0n) is 6.45. The van der Waals surface area contributed by atoms with Gasteiger partial charge >= 0.3 is 0 Å². The third-order valence-electron chi connectivity index (χ3n) is 1.17. The van der Waals surface area contributed by atoms with E-state index < -0.39 is 0 Å². The predicted molar refractivity (Wildman–Crippen MR) is 47.3 cm³/mol. The molecule has 0 spiro atoms. The fraction of sp³-hybridized carbons (Fsp3) is 0.286. The summed E-state index contributed by atoms with van der Waals surface area (Å²) in [7, 11) is 0. The highest BCUT2D eigenvalue weighted by atomic mass is 35.5. The summed E-state index contributed by atoms with van der Waals surface area (Å²) in [6, 6.07) is 3.27. The lowest BCUT2D eigenvalue weighted by molar-refractivity contribution is 0.0927. The summed E-state index contributed by atoms with van der Waals surface area (Å²) in [6.07, 6.45) is 1.46. The van der Waals surface area contributed by atoms with Crippen molar-refractivity contribution in [2.24, 2.45) is 5.73 Å². The lowest BCUT2D eigenvalue weighted by atomic mass is 10.4. The van der Waals surface area contributed by atoms with E-state index in [0.717, 1.165) is 0 Å². The van der Waals surface area contributed by atoms with Crippen molar-refractivity contribution in [2.45, 2.75) is 0 Å². The van der Waals surface area contributed by atoms with E-state index in [1.807, 2.05) is 0 Å². The van der Waals surface area contributed by atoms with Crippen molar-refractivity contribution in [1.29, 1.82) is 0 Å². The molecule has 0 fully saturated rings. The van der Waals surface area contributed by atoms with E-state index in [1.54, 1.807) is 12.1 Å². The maximum absolute atomic E-state index is 11.0. The summed E-state index contributed by atoms with van der Waals surface area (Å²) in [5, 5.41) is 2.58. The van der Waals surface area contributed by atoms with Crippen LogP contribution in [0.15, 0.2) is 22.8 Å². The Kier molecular flexibility index (Phi) is 5.16. The monoisotopic (exact) mass is 190 g/mol. The fourth-order valence-electron chi connectivity index (χ4n) is 0.681. The van der Waals surface area contributed by atoms with Gasteiger partial charge in [0.2, 0.25) is 0 Å². The summed E-state index contributed by atoms with van der Waals surface area (Å²) in [5.41, 5.74) is 5.18. The second-order valence-corrected chi connectivity index (χ2v) is 2.02. The second kappa shape index (κ2) is 5.62. The molecule has 0 aliphatic heterocycles. The molecule has 0 unspecified atom stereocenters. The summed E-state index contributed by atoms with van der Waals surface area (Å²) < 4.78 is 4.84. The molecule has 4 nitrogen and oxygen atoms in total. The molecule has 0 radical (unpaired) electrons. The maximum Gasteiger partial charge on any atom is 0.287 e. The quantitative estimate of drug-likeness (QED) is 0.725. The Balaban J connectivity index is 0.00000121. The first-order valence-electron chi connectivity index (χ1n) is 3.36. The topological polar surface area (TPSA) is 68.3 Å². The van der Waals surface area contributed by atoms with E-state index in [2.05, 4.69) is 5.32 Å². The van der Waals surface area contributed by atoms with Crippen molar-refractivity contribution in [3.8, 4) is 0 Å². The average molecular weight is 191 g/mol. The minimum Gasteiger partial charge on any atom is -0.459 e. The smallest absolute Gasteiger partial charge is 0.287 e. The molecule has 0 saturated heterocycles. The lowest BCUT2D eigenvalue weighted by Gasteiger charge is -1.98. The van der Waals surface area contributed by atoms with Crippen LogP contribution in [-0.2, 0) is 0 Å². The molecule has 68 valence electrons. The molecular formula is C7H11ClN2O2. The molecule has 0 aliphatic carbocycles. The molecule has 0 atom stereocenters. The van der Waals surface area contributed by atoms with E-state index in [0.29, 0.717) is 18.8 Å². The molecule has 5 heteroatoms. The van der Waals surface area contributed by atoms with Gasteiger partial charge in [0.15, 0.2) is 5.76 Å². The van der Waals surface area contributed by atoms with Crippen LogP contribution in [0, 0.1) is 0 Å². The van der Waals surface area contributed by atoms with Crippen LogP contribution >= 0.6 is 12.4 Å². The lowest BCUT2D eigenvalue weighted by Crippen LogP contribution is -2.28. The van der Waals surface area contributed by atoms with Gasteiger partial charge in [0, 0.05) is 13.1 Å². The minimum absolute atomic E-state index is 0. The summed E-state index contributed by atoms with van der Waals surface area (Å²) in [5.74, 6) is 0.0962. The van der Waals surface area contributed by atoms with Crippen LogP contribution < -0.4 is 11.1 Å². The summed E-state index contributed by atoms with van der Waals surface area (Å²) >= 11 is 0. The van der Waals surface area contributed by atoms with Crippen molar-refractivity contribution >= 4 is 18.3 Å². The van der Waals surface area contributed by atoms with E-state index in [9.17, 15) is 4.79 Å². The van der Waals surface area contributed by atoms with E-state index in [4.69, 9.17) is 10.2 Å². The Morgan fingerprint density at radius 1 is 1.67 bits per heavy atom. The number of nitrogens with one attached hydrogen (secondary N) is 1. The van der Waals surface area contributed by atoms with Crippen molar-refractivity contribution < 1.29 is 9.21 Å². The highest BCUT2D eigenvalue weighted by Crippen LogP contribution is 1.98. The van der Waals surface area contributed by atoms with Gasteiger partial charge in [-0.2, -0.15) is 0 Å². The molecule has 1 amide bonds.